The SMILES string of the molecule is COCCn1cc(-c2cccc(NC(C)=O)c2-c2cc(N3CC[C@@](C#N)(C4CC4)C3=O)ccn2)cn1. The average molecular weight is 485 g/mol. The minimum Gasteiger partial charge on any atom is -0.383 e. The first-order valence-electron chi connectivity index (χ1n) is 12.1. The molecule has 36 heavy (non-hydrogen) atoms. The Bertz CT molecular complexity index is 1360. The summed E-state index contributed by atoms with van der Waals surface area (Å²) in [5.74, 6) is -0.166. The normalized spacial score (nSPS) is 19.4. The molecule has 0 radical (unpaired) electrons. The number of nitrogens with one attached hydrogen (secondary N) is 1. The Morgan fingerprint density at radius 1 is 1.33 bits per heavy atom. The van der Waals surface area contributed by atoms with Crippen LogP contribution >= 0.6 is 0 Å². The molecule has 1 aromatic carbocycles. The molecule has 1 aliphatic carbocycles. The molecule has 2 aliphatic rings. The molecule has 1 N–H and O–H groups in total. The zero-order chi connectivity index (χ0) is 25.3. The van der Waals surface area contributed by atoms with Gasteiger partial charge in [0.1, 0.15) is 5.41 Å². The zero-order valence-electron chi connectivity index (χ0n) is 20.4. The molecule has 9 nitrogen and oxygen atoms in total. The second-order valence-corrected chi connectivity index (χ2v) is 9.36. The maximum Gasteiger partial charge on any atom is 0.247 e. The molecular formula is C27H28N6O3. The van der Waals surface area contributed by atoms with Crippen LogP contribution in [0.2, 0.25) is 0 Å². The van der Waals surface area contributed by atoms with E-state index in [0.29, 0.717) is 43.2 Å². The molecular weight excluding hydrogens is 456 g/mol. The van der Waals surface area contributed by atoms with Crippen molar-refractivity contribution in [1.82, 2.24) is 14.8 Å². The van der Waals surface area contributed by atoms with Gasteiger partial charge in [-0.25, -0.2) is 0 Å². The molecule has 1 saturated carbocycles. The number of carbonyl (C=O) groups excluding carboxylic acids is 2. The Hall–Kier alpha value is -4.03. The van der Waals surface area contributed by atoms with E-state index in [0.717, 1.165) is 29.5 Å². The number of hydrogen-bond acceptors (Lipinski definition) is 6. The summed E-state index contributed by atoms with van der Waals surface area (Å²) in [4.78, 5) is 31.7. The van der Waals surface area contributed by atoms with Gasteiger partial charge in [0.15, 0.2) is 0 Å². The number of nitrogens with zero attached hydrogens (tertiary/aromatic N) is 5. The first-order chi connectivity index (χ1) is 17.5. The first-order valence-corrected chi connectivity index (χ1v) is 12.1. The molecule has 1 saturated heterocycles. The Labute approximate surface area is 209 Å². The summed E-state index contributed by atoms with van der Waals surface area (Å²) in [6, 6.07) is 11.7. The molecule has 0 unspecified atom stereocenters. The van der Waals surface area contributed by atoms with Crippen molar-refractivity contribution in [3.8, 4) is 28.5 Å². The van der Waals surface area contributed by atoms with Crippen LogP contribution in [0.25, 0.3) is 22.4 Å². The van der Waals surface area contributed by atoms with Crippen LogP contribution in [0.15, 0.2) is 48.9 Å². The topological polar surface area (TPSA) is 113 Å². The number of ether oxygens (including phenoxy) is 1. The number of amides is 2. The van der Waals surface area contributed by atoms with E-state index in [1.165, 1.54) is 6.92 Å². The fraction of sp³-hybridized carbons (Fsp3) is 0.370. The van der Waals surface area contributed by atoms with Crippen molar-refractivity contribution in [3.63, 3.8) is 0 Å². The summed E-state index contributed by atoms with van der Waals surface area (Å²) in [6.45, 7) is 3.12. The summed E-state index contributed by atoms with van der Waals surface area (Å²) in [6.07, 6.45) is 7.77. The van der Waals surface area contributed by atoms with Crippen molar-refractivity contribution in [2.24, 2.45) is 11.3 Å². The van der Waals surface area contributed by atoms with Crippen molar-refractivity contribution in [3.05, 3.63) is 48.9 Å². The van der Waals surface area contributed by atoms with Gasteiger partial charge in [-0.05, 0) is 48.9 Å². The number of aromatic nitrogens is 3. The van der Waals surface area contributed by atoms with Crippen LogP contribution in [0, 0.1) is 22.7 Å². The highest BCUT2D eigenvalue weighted by Crippen LogP contribution is 2.52. The van der Waals surface area contributed by atoms with Crippen molar-refractivity contribution in [2.45, 2.75) is 32.7 Å². The van der Waals surface area contributed by atoms with E-state index in [-0.39, 0.29) is 17.7 Å². The van der Waals surface area contributed by atoms with Crippen LogP contribution in [-0.2, 0) is 20.9 Å². The Morgan fingerprint density at radius 3 is 2.89 bits per heavy atom. The van der Waals surface area contributed by atoms with Gasteiger partial charge in [0.2, 0.25) is 11.8 Å². The molecule has 184 valence electrons. The van der Waals surface area contributed by atoms with E-state index in [1.54, 1.807) is 35.2 Å². The van der Waals surface area contributed by atoms with Gasteiger partial charge >= 0.3 is 0 Å². The van der Waals surface area contributed by atoms with Gasteiger partial charge in [0.25, 0.3) is 0 Å². The van der Waals surface area contributed by atoms with E-state index in [9.17, 15) is 14.9 Å². The first kappa shape index (κ1) is 23.7. The molecule has 3 heterocycles. The lowest BCUT2D eigenvalue weighted by molar-refractivity contribution is -0.123. The fourth-order valence-corrected chi connectivity index (χ4v) is 5.03. The third-order valence-corrected chi connectivity index (χ3v) is 6.99. The summed E-state index contributed by atoms with van der Waals surface area (Å²) in [5.41, 5.74) is 3.47. The lowest BCUT2D eigenvalue weighted by atomic mass is 9.83. The number of rotatable bonds is 8. The molecule has 2 fully saturated rings. The number of anilines is 2. The van der Waals surface area contributed by atoms with Crippen LogP contribution in [0.4, 0.5) is 11.4 Å². The third kappa shape index (κ3) is 4.25. The molecule has 1 atom stereocenters. The second-order valence-electron chi connectivity index (χ2n) is 9.36. The smallest absolute Gasteiger partial charge is 0.247 e. The minimum atomic E-state index is -0.917. The number of hydrogen-bond donors (Lipinski definition) is 1. The Balaban J connectivity index is 1.56. The molecule has 9 heteroatoms. The van der Waals surface area contributed by atoms with Crippen LogP contribution in [-0.4, -0.2) is 46.8 Å². The summed E-state index contributed by atoms with van der Waals surface area (Å²) in [5, 5.41) is 17.2. The van der Waals surface area contributed by atoms with Gasteiger partial charge in [0, 0.05) is 49.8 Å². The average Bonchev–Trinajstić information content (AvgIpc) is 3.53. The predicted molar refractivity (Wildman–Crippen MR) is 135 cm³/mol. The van der Waals surface area contributed by atoms with Crippen LogP contribution in [0.1, 0.15) is 26.2 Å². The predicted octanol–water partition coefficient (Wildman–Crippen LogP) is 3.87. The monoisotopic (exact) mass is 484 g/mol. The van der Waals surface area contributed by atoms with E-state index in [1.807, 2.05) is 30.5 Å². The maximum atomic E-state index is 13.4. The Kier molecular flexibility index (Phi) is 6.29. The van der Waals surface area contributed by atoms with Crippen LogP contribution in [0.5, 0.6) is 0 Å². The second kappa shape index (κ2) is 9.55. The summed E-state index contributed by atoms with van der Waals surface area (Å²) < 4.78 is 6.96. The van der Waals surface area contributed by atoms with Gasteiger partial charge in [-0.2, -0.15) is 10.4 Å². The van der Waals surface area contributed by atoms with Gasteiger partial charge < -0.3 is 15.0 Å². The van der Waals surface area contributed by atoms with E-state index in [2.05, 4.69) is 21.5 Å². The minimum absolute atomic E-state index is 0.126. The number of nitriles is 1. The Morgan fingerprint density at radius 2 is 2.17 bits per heavy atom. The van der Waals surface area contributed by atoms with E-state index >= 15 is 0 Å². The third-order valence-electron chi connectivity index (χ3n) is 6.99. The standard InChI is InChI=1S/C27H28N6O3/c1-18(34)31-23-5-3-4-22(19-15-30-32(16-19)12-13-36-2)25(23)24-14-21(8-10-29-24)33-11-9-27(17-28,26(33)35)20-6-7-20/h3-5,8,10,14-16,20H,6-7,9,11-13H2,1-2H3,(H,31,34)/t27-/m1/s1. The lowest BCUT2D eigenvalue weighted by Gasteiger charge is -2.22. The highest BCUT2D eigenvalue weighted by Gasteiger charge is 2.56. The molecule has 0 spiro atoms. The molecule has 1 aliphatic heterocycles. The molecule has 2 amide bonds. The highest BCUT2D eigenvalue weighted by molar-refractivity contribution is 6.03. The summed E-state index contributed by atoms with van der Waals surface area (Å²) >= 11 is 0. The zero-order valence-corrected chi connectivity index (χ0v) is 20.4. The van der Waals surface area contributed by atoms with E-state index < -0.39 is 5.41 Å². The lowest BCUT2D eigenvalue weighted by Crippen LogP contribution is -2.35. The van der Waals surface area contributed by atoms with E-state index in [4.69, 9.17) is 4.74 Å². The number of pyridine rings is 1. The van der Waals surface area contributed by atoms with Gasteiger partial charge in [-0.15, -0.1) is 0 Å². The highest BCUT2D eigenvalue weighted by atomic mass is 16.5. The fourth-order valence-electron chi connectivity index (χ4n) is 5.03. The largest absolute Gasteiger partial charge is 0.383 e. The number of carbonyl (C=O) groups is 2. The van der Waals surface area contributed by atoms with Gasteiger partial charge in [-0.1, -0.05) is 12.1 Å². The van der Waals surface area contributed by atoms with Gasteiger partial charge in [-0.3, -0.25) is 19.3 Å². The van der Waals surface area contributed by atoms with Crippen molar-refractivity contribution in [1.29, 1.82) is 5.26 Å². The van der Waals surface area contributed by atoms with Crippen molar-refractivity contribution in [2.75, 3.05) is 30.5 Å². The van der Waals surface area contributed by atoms with Crippen LogP contribution in [0.3, 0.4) is 0 Å². The number of methoxy groups -OCH3 is 1. The van der Waals surface area contributed by atoms with Crippen molar-refractivity contribution < 1.29 is 14.3 Å². The molecule has 0 bridgehead atoms. The maximum absolute atomic E-state index is 13.4. The quantitative estimate of drug-likeness (QED) is 0.519. The number of benzene rings is 1. The van der Waals surface area contributed by atoms with Gasteiger partial charge in [0.05, 0.1) is 36.8 Å². The van der Waals surface area contributed by atoms with Crippen LogP contribution < -0.4 is 10.2 Å². The molecule has 5 rings (SSSR count). The molecule has 2 aromatic heterocycles. The summed E-state index contributed by atoms with van der Waals surface area (Å²) in [7, 11) is 1.65. The molecule has 3 aromatic rings. The van der Waals surface area contributed by atoms with Crippen molar-refractivity contribution >= 4 is 23.2 Å².